The zero-order valence-corrected chi connectivity index (χ0v) is 16.4. The summed E-state index contributed by atoms with van der Waals surface area (Å²) in [4.78, 5) is 14.4. The number of carbonyl (C=O) groups excluding carboxylic acids is 1. The summed E-state index contributed by atoms with van der Waals surface area (Å²) in [6.45, 7) is 4.43. The molecule has 1 N–H and O–H groups in total. The summed E-state index contributed by atoms with van der Waals surface area (Å²) in [6.07, 6.45) is 0.0951. The maximum Gasteiger partial charge on any atom is 0.240 e. The van der Waals surface area contributed by atoms with Crippen LogP contribution in [0.4, 0.5) is 0 Å². The van der Waals surface area contributed by atoms with Crippen molar-refractivity contribution in [2.45, 2.75) is 37.8 Å². The van der Waals surface area contributed by atoms with E-state index in [-0.39, 0.29) is 29.8 Å². The number of sulfonamides is 1. The van der Waals surface area contributed by atoms with E-state index < -0.39 is 10.0 Å². The lowest BCUT2D eigenvalue weighted by atomic mass is 10.2. The van der Waals surface area contributed by atoms with Crippen molar-refractivity contribution in [2.75, 3.05) is 6.54 Å². The van der Waals surface area contributed by atoms with Gasteiger partial charge in [-0.15, -0.1) is 0 Å². The number of hydrogen-bond acceptors (Lipinski definition) is 3. The number of nitrogens with one attached hydrogen (secondary N) is 1. The first-order valence-electron chi connectivity index (χ1n) is 8.38. The quantitative estimate of drug-likeness (QED) is 0.745. The van der Waals surface area contributed by atoms with Gasteiger partial charge >= 0.3 is 0 Å². The van der Waals surface area contributed by atoms with E-state index in [4.69, 9.17) is 11.6 Å². The molecule has 0 aromatic heterocycles. The van der Waals surface area contributed by atoms with Crippen molar-refractivity contribution < 1.29 is 13.2 Å². The van der Waals surface area contributed by atoms with Crippen LogP contribution < -0.4 is 4.72 Å². The third kappa shape index (κ3) is 5.83. The number of hydrogen-bond donors (Lipinski definition) is 1. The van der Waals surface area contributed by atoms with Gasteiger partial charge in [0, 0.05) is 30.6 Å². The monoisotopic (exact) mass is 394 g/mol. The number of halogens is 1. The lowest BCUT2D eigenvalue weighted by molar-refractivity contribution is -0.133. The summed E-state index contributed by atoms with van der Waals surface area (Å²) in [6, 6.07) is 15.6. The fourth-order valence-electron chi connectivity index (χ4n) is 2.47. The maximum absolute atomic E-state index is 12.5. The Bertz CT molecular complexity index is 822. The van der Waals surface area contributed by atoms with Crippen molar-refractivity contribution in [3.8, 4) is 0 Å². The fraction of sp³-hybridized carbons (Fsp3) is 0.316. The van der Waals surface area contributed by atoms with Crippen LogP contribution in [0.25, 0.3) is 0 Å². The van der Waals surface area contributed by atoms with Crippen molar-refractivity contribution in [1.82, 2.24) is 9.62 Å². The van der Waals surface area contributed by atoms with Crippen LogP contribution in [0.2, 0.25) is 5.02 Å². The second kappa shape index (κ2) is 9.16. The Morgan fingerprint density at radius 3 is 2.27 bits per heavy atom. The Morgan fingerprint density at radius 2 is 1.69 bits per heavy atom. The van der Waals surface area contributed by atoms with E-state index in [1.807, 2.05) is 44.2 Å². The number of benzene rings is 2. The predicted octanol–water partition coefficient (Wildman–Crippen LogP) is 3.45. The minimum absolute atomic E-state index is 0.0237. The molecule has 2 aromatic rings. The number of rotatable bonds is 8. The van der Waals surface area contributed by atoms with E-state index in [2.05, 4.69) is 4.72 Å². The molecule has 0 unspecified atom stereocenters. The van der Waals surface area contributed by atoms with Gasteiger partial charge in [0.1, 0.15) is 0 Å². The van der Waals surface area contributed by atoms with Crippen molar-refractivity contribution in [3.63, 3.8) is 0 Å². The molecular formula is C19H23ClN2O3S. The van der Waals surface area contributed by atoms with Crippen LogP contribution >= 0.6 is 11.6 Å². The Labute approximate surface area is 160 Å². The van der Waals surface area contributed by atoms with Crippen molar-refractivity contribution in [2.24, 2.45) is 0 Å². The van der Waals surface area contributed by atoms with Gasteiger partial charge in [-0.1, -0.05) is 41.9 Å². The van der Waals surface area contributed by atoms with Gasteiger partial charge in [-0.25, -0.2) is 13.1 Å². The molecule has 1 amide bonds. The van der Waals surface area contributed by atoms with Crippen LogP contribution in [-0.2, 0) is 21.4 Å². The third-order valence-electron chi connectivity index (χ3n) is 3.89. The molecule has 0 aliphatic heterocycles. The van der Waals surface area contributed by atoms with Crippen LogP contribution in [0.3, 0.4) is 0 Å². The average molecular weight is 395 g/mol. The molecule has 2 rings (SSSR count). The third-order valence-corrected chi connectivity index (χ3v) is 5.62. The molecule has 5 nitrogen and oxygen atoms in total. The molecule has 0 saturated carbocycles. The molecule has 0 atom stereocenters. The van der Waals surface area contributed by atoms with E-state index in [0.717, 1.165) is 5.56 Å². The van der Waals surface area contributed by atoms with Crippen LogP contribution in [0.5, 0.6) is 0 Å². The van der Waals surface area contributed by atoms with Gasteiger partial charge in [-0.3, -0.25) is 4.79 Å². The first kappa shape index (κ1) is 20.4. The molecule has 7 heteroatoms. The van der Waals surface area contributed by atoms with Crippen LogP contribution in [0.15, 0.2) is 59.5 Å². The molecule has 26 heavy (non-hydrogen) atoms. The number of amides is 1. The van der Waals surface area contributed by atoms with E-state index >= 15 is 0 Å². The van der Waals surface area contributed by atoms with Gasteiger partial charge in [0.05, 0.1) is 4.90 Å². The maximum atomic E-state index is 12.5. The lowest BCUT2D eigenvalue weighted by Gasteiger charge is -2.27. The van der Waals surface area contributed by atoms with E-state index in [1.165, 1.54) is 24.3 Å². The van der Waals surface area contributed by atoms with Crippen molar-refractivity contribution >= 4 is 27.5 Å². The van der Waals surface area contributed by atoms with Crippen LogP contribution in [-0.4, -0.2) is 31.8 Å². The Morgan fingerprint density at radius 1 is 1.08 bits per heavy atom. The first-order valence-corrected chi connectivity index (χ1v) is 10.2. The molecule has 140 valence electrons. The zero-order valence-electron chi connectivity index (χ0n) is 14.9. The van der Waals surface area contributed by atoms with Crippen molar-refractivity contribution in [1.29, 1.82) is 0 Å². The molecule has 0 saturated heterocycles. The molecule has 0 aliphatic carbocycles. The normalized spacial score (nSPS) is 11.5. The van der Waals surface area contributed by atoms with E-state index in [9.17, 15) is 13.2 Å². The number of nitrogens with zero attached hydrogens (tertiary/aromatic N) is 1. The van der Waals surface area contributed by atoms with Gasteiger partial charge in [0.2, 0.25) is 15.9 Å². The summed E-state index contributed by atoms with van der Waals surface area (Å²) in [5.41, 5.74) is 1.04. The van der Waals surface area contributed by atoms with Gasteiger partial charge in [-0.05, 0) is 43.7 Å². The zero-order chi connectivity index (χ0) is 19.2. The van der Waals surface area contributed by atoms with E-state index in [0.29, 0.717) is 11.6 Å². The minimum atomic E-state index is -3.66. The van der Waals surface area contributed by atoms with Crippen molar-refractivity contribution in [3.05, 3.63) is 65.2 Å². The average Bonchev–Trinajstić information content (AvgIpc) is 2.60. The topological polar surface area (TPSA) is 66.5 Å². The molecule has 0 fully saturated rings. The second-order valence-corrected chi connectivity index (χ2v) is 8.41. The minimum Gasteiger partial charge on any atom is -0.336 e. The summed E-state index contributed by atoms with van der Waals surface area (Å²) >= 11 is 5.77. The highest BCUT2D eigenvalue weighted by molar-refractivity contribution is 7.89. The smallest absolute Gasteiger partial charge is 0.240 e. The highest BCUT2D eigenvalue weighted by Gasteiger charge is 2.19. The van der Waals surface area contributed by atoms with Gasteiger partial charge in [0.25, 0.3) is 0 Å². The second-order valence-electron chi connectivity index (χ2n) is 6.20. The molecule has 0 heterocycles. The molecule has 0 radical (unpaired) electrons. The van der Waals surface area contributed by atoms with Gasteiger partial charge in [-0.2, -0.15) is 0 Å². The lowest BCUT2D eigenvalue weighted by Crippen LogP contribution is -2.38. The highest BCUT2D eigenvalue weighted by Crippen LogP contribution is 2.14. The summed E-state index contributed by atoms with van der Waals surface area (Å²) in [7, 11) is -3.66. The Kier molecular flexibility index (Phi) is 7.20. The largest absolute Gasteiger partial charge is 0.336 e. The first-order chi connectivity index (χ1) is 12.3. The summed E-state index contributed by atoms with van der Waals surface area (Å²) in [5.74, 6) is -0.0948. The molecular weight excluding hydrogens is 372 g/mol. The summed E-state index contributed by atoms with van der Waals surface area (Å²) < 4.78 is 26.9. The van der Waals surface area contributed by atoms with Gasteiger partial charge < -0.3 is 4.90 Å². The SMILES string of the molecule is CC(C)N(Cc1ccccc1)C(=O)CCNS(=O)(=O)c1ccc(Cl)cc1. The fourth-order valence-corrected chi connectivity index (χ4v) is 3.63. The number of carbonyl (C=O) groups is 1. The molecule has 0 bridgehead atoms. The van der Waals surface area contributed by atoms with E-state index in [1.54, 1.807) is 4.90 Å². The van der Waals surface area contributed by atoms with Crippen LogP contribution in [0.1, 0.15) is 25.8 Å². The Balaban J connectivity index is 1.94. The molecule has 2 aromatic carbocycles. The molecule has 0 spiro atoms. The van der Waals surface area contributed by atoms with Crippen LogP contribution in [0, 0.1) is 0 Å². The summed E-state index contributed by atoms with van der Waals surface area (Å²) in [5, 5.41) is 0.465. The Hall–Kier alpha value is -1.89. The predicted molar refractivity (Wildman–Crippen MR) is 103 cm³/mol. The van der Waals surface area contributed by atoms with Gasteiger partial charge in [0.15, 0.2) is 0 Å². The standard InChI is InChI=1S/C19H23ClN2O3S/c1-15(2)22(14-16-6-4-3-5-7-16)19(23)12-13-21-26(24,25)18-10-8-17(20)9-11-18/h3-11,15,21H,12-14H2,1-2H3. The molecule has 0 aliphatic rings. The highest BCUT2D eigenvalue weighted by atomic mass is 35.5.